The summed E-state index contributed by atoms with van der Waals surface area (Å²) in [4.78, 5) is 28.4. The van der Waals surface area contributed by atoms with E-state index < -0.39 is 5.69 Å². The van der Waals surface area contributed by atoms with Gasteiger partial charge in [0, 0.05) is 16.9 Å². The SMILES string of the molecule is Cc1ccc(NC(=O)CSc2nc(=O)n(CCO)c3c2CCC3)cc1F. The summed E-state index contributed by atoms with van der Waals surface area (Å²) in [5.74, 6) is -0.577. The van der Waals surface area contributed by atoms with Crippen LogP contribution in [0.15, 0.2) is 28.0 Å². The first-order chi connectivity index (χ1) is 12.5. The largest absolute Gasteiger partial charge is 0.395 e. The van der Waals surface area contributed by atoms with Gasteiger partial charge in [0.15, 0.2) is 0 Å². The van der Waals surface area contributed by atoms with E-state index in [4.69, 9.17) is 5.11 Å². The van der Waals surface area contributed by atoms with Crippen LogP contribution in [0.2, 0.25) is 0 Å². The number of halogens is 1. The molecule has 1 aliphatic rings. The van der Waals surface area contributed by atoms with E-state index in [0.29, 0.717) is 16.3 Å². The quantitative estimate of drug-likeness (QED) is 0.593. The molecule has 0 fully saturated rings. The number of hydrogen-bond acceptors (Lipinski definition) is 5. The topological polar surface area (TPSA) is 84.2 Å². The first-order valence-corrected chi connectivity index (χ1v) is 9.40. The highest BCUT2D eigenvalue weighted by Crippen LogP contribution is 2.29. The number of aromatic nitrogens is 2. The third-order valence-corrected chi connectivity index (χ3v) is 5.34. The number of amides is 1. The lowest BCUT2D eigenvalue weighted by molar-refractivity contribution is -0.113. The van der Waals surface area contributed by atoms with Crippen LogP contribution in [0.25, 0.3) is 0 Å². The number of hydrogen-bond donors (Lipinski definition) is 2. The molecule has 0 radical (unpaired) electrons. The molecule has 26 heavy (non-hydrogen) atoms. The molecule has 0 bridgehead atoms. The van der Waals surface area contributed by atoms with Crippen molar-refractivity contribution >= 4 is 23.4 Å². The molecule has 1 heterocycles. The molecule has 0 atom stereocenters. The maximum absolute atomic E-state index is 13.6. The van der Waals surface area contributed by atoms with Gasteiger partial charge in [-0.05, 0) is 43.9 Å². The van der Waals surface area contributed by atoms with Crippen LogP contribution in [0.4, 0.5) is 10.1 Å². The minimum Gasteiger partial charge on any atom is -0.395 e. The van der Waals surface area contributed by atoms with E-state index in [2.05, 4.69) is 10.3 Å². The van der Waals surface area contributed by atoms with Crippen LogP contribution in [-0.2, 0) is 24.2 Å². The minimum absolute atomic E-state index is 0.0817. The molecule has 0 aliphatic heterocycles. The lowest BCUT2D eigenvalue weighted by Gasteiger charge is -2.13. The molecule has 0 saturated carbocycles. The van der Waals surface area contributed by atoms with Crippen LogP contribution in [0.3, 0.4) is 0 Å². The monoisotopic (exact) mass is 377 g/mol. The van der Waals surface area contributed by atoms with E-state index >= 15 is 0 Å². The molecule has 1 amide bonds. The van der Waals surface area contributed by atoms with Crippen molar-refractivity contribution in [2.24, 2.45) is 0 Å². The molecule has 8 heteroatoms. The molecule has 1 aromatic carbocycles. The molecule has 138 valence electrons. The predicted octanol–water partition coefficient (Wildman–Crippen LogP) is 1.90. The van der Waals surface area contributed by atoms with Crippen molar-refractivity contribution in [3.8, 4) is 0 Å². The van der Waals surface area contributed by atoms with E-state index in [1.807, 2.05) is 0 Å². The number of aliphatic hydroxyl groups excluding tert-OH is 1. The van der Waals surface area contributed by atoms with E-state index in [0.717, 1.165) is 30.5 Å². The standard InChI is InChI=1S/C18H20FN3O3S/c1-11-5-6-12(9-14(11)19)20-16(24)10-26-17-13-3-2-4-15(13)22(7-8-23)18(25)21-17/h5-6,9,23H,2-4,7-8,10H2,1H3,(H,20,24). The van der Waals surface area contributed by atoms with Crippen LogP contribution in [0, 0.1) is 12.7 Å². The number of fused-ring (bicyclic) bond motifs is 1. The molecule has 0 saturated heterocycles. The molecule has 0 spiro atoms. The zero-order valence-corrected chi connectivity index (χ0v) is 15.2. The fourth-order valence-corrected chi connectivity index (χ4v) is 3.91. The molecule has 1 aliphatic carbocycles. The van der Waals surface area contributed by atoms with Crippen molar-refractivity contribution in [2.75, 3.05) is 17.7 Å². The van der Waals surface area contributed by atoms with Gasteiger partial charge in [-0.2, -0.15) is 4.98 Å². The number of benzene rings is 1. The van der Waals surface area contributed by atoms with Gasteiger partial charge in [0.2, 0.25) is 5.91 Å². The molecule has 1 aromatic heterocycles. The zero-order chi connectivity index (χ0) is 18.7. The molecule has 2 N–H and O–H groups in total. The Bertz CT molecular complexity index is 898. The number of carbonyl (C=O) groups is 1. The van der Waals surface area contributed by atoms with Crippen molar-refractivity contribution in [3.63, 3.8) is 0 Å². The molecule has 6 nitrogen and oxygen atoms in total. The fraction of sp³-hybridized carbons (Fsp3) is 0.389. The Labute approximate surface area is 154 Å². The third-order valence-electron chi connectivity index (χ3n) is 4.32. The van der Waals surface area contributed by atoms with Crippen molar-refractivity contribution in [1.29, 1.82) is 0 Å². The third kappa shape index (κ3) is 3.96. The molecular formula is C18H20FN3O3S. The second kappa shape index (κ2) is 8.01. The summed E-state index contributed by atoms with van der Waals surface area (Å²) in [6.45, 7) is 1.77. The van der Waals surface area contributed by atoms with E-state index in [9.17, 15) is 14.0 Å². The lowest BCUT2D eigenvalue weighted by Crippen LogP contribution is -2.28. The zero-order valence-electron chi connectivity index (χ0n) is 14.4. The first kappa shape index (κ1) is 18.6. The predicted molar refractivity (Wildman–Crippen MR) is 98.1 cm³/mol. The number of aliphatic hydroxyl groups is 1. The second-order valence-electron chi connectivity index (χ2n) is 6.15. The number of nitrogens with one attached hydrogen (secondary N) is 1. The van der Waals surface area contributed by atoms with Crippen molar-refractivity contribution in [1.82, 2.24) is 9.55 Å². The highest BCUT2D eigenvalue weighted by molar-refractivity contribution is 8.00. The Morgan fingerprint density at radius 3 is 2.96 bits per heavy atom. The molecule has 0 unspecified atom stereocenters. The van der Waals surface area contributed by atoms with Gasteiger partial charge in [-0.1, -0.05) is 17.8 Å². The number of carbonyl (C=O) groups excluding carboxylic acids is 1. The van der Waals surface area contributed by atoms with Crippen molar-refractivity contribution in [2.45, 2.75) is 37.8 Å². The normalized spacial score (nSPS) is 12.9. The summed E-state index contributed by atoms with van der Waals surface area (Å²) >= 11 is 1.21. The molecule has 3 rings (SSSR count). The van der Waals surface area contributed by atoms with E-state index in [1.165, 1.54) is 22.4 Å². The highest BCUT2D eigenvalue weighted by Gasteiger charge is 2.22. The van der Waals surface area contributed by atoms with Gasteiger partial charge in [0.25, 0.3) is 0 Å². The fourth-order valence-electron chi connectivity index (χ4n) is 3.04. The first-order valence-electron chi connectivity index (χ1n) is 8.42. The number of thioether (sulfide) groups is 1. The number of rotatable bonds is 6. The van der Waals surface area contributed by atoms with E-state index in [1.54, 1.807) is 19.1 Å². The van der Waals surface area contributed by atoms with Crippen LogP contribution in [-0.4, -0.2) is 32.9 Å². The van der Waals surface area contributed by atoms with Crippen molar-refractivity contribution in [3.05, 3.63) is 51.3 Å². The van der Waals surface area contributed by atoms with Gasteiger partial charge in [0.05, 0.1) is 18.9 Å². The second-order valence-corrected chi connectivity index (χ2v) is 7.12. The highest BCUT2D eigenvalue weighted by atomic mass is 32.2. The van der Waals surface area contributed by atoms with Gasteiger partial charge in [-0.25, -0.2) is 9.18 Å². The van der Waals surface area contributed by atoms with Crippen LogP contribution >= 0.6 is 11.8 Å². The van der Waals surface area contributed by atoms with Crippen LogP contribution in [0.5, 0.6) is 0 Å². The Morgan fingerprint density at radius 1 is 1.42 bits per heavy atom. The smallest absolute Gasteiger partial charge is 0.348 e. The van der Waals surface area contributed by atoms with Gasteiger partial charge in [-0.15, -0.1) is 0 Å². The Hall–Kier alpha value is -2.19. The van der Waals surface area contributed by atoms with E-state index in [-0.39, 0.29) is 30.6 Å². The number of nitrogens with zero attached hydrogens (tertiary/aromatic N) is 2. The number of aryl methyl sites for hydroxylation is 1. The summed E-state index contributed by atoms with van der Waals surface area (Å²) in [6, 6.07) is 4.53. The summed E-state index contributed by atoms with van der Waals surface area (Å²) in [7, 11) is 0. The molecule has 2 aromatic rings. The van der Waals surface area contributed by atoms with Gasteiger partial charge in [-0.3, -0.25) is 9.36 Å². The van der Waals surface area contributed by atoms with Crippen molar-refractivity contribution < 1.29 is 14.3 Å². The van der Waals surface area contributed by atoms with Crippen LogP contribution < -0.4 is 11.0 Å². The van der Waals surface area contributed by atoms with Gasteiger partial charge in [0.1, 0.15) is 10.8 Å². The maximum Gasteiger partial charge on any atom is 0.348 e. The summed E-state index contributed by atoms with van der Waals surface area (Å²) < 4.78 is 15.1. The minimum atomic E-state index is -0.400. The average Bonchev–Trinajstić information content (AvgIpc) is 3.09. The van der Waals surface area contributed by atoms with Gasteiger partial charge >= 0.3 is 5.69 Å². The Morgan fingerprint density at radius 2 is 2.23 bits per heavy atom. The summed E-state index contributed by atoms with van der Waals surface area (Å²) in [5.41, 5.74) is 2.40. The summed E-state index contributed by atoms with van der Waals surface area (Å²) in [6.07, 6.45) is 2.50. The lowest BCUT2D eigenvalue weighted by atomic mass is 10.2. The summed E-state index contributed by atoms with van der Waals surface area (Å²) in [5, 5.41) is 12.3. The average molecular weight is 377 g/mol. The Balaban J connectivity index is 1.70. The number of anilines is 1. The van der Waals surface area contributed by atoms with Gasteiger partial charge < -0.3 is 10.4 Å². The maximum atomic E-state index is 13.6. The molecular weight excluding hydrogens is 357 g/mol. The Kier molecular flexibility index (Phi) is 5.73. The van der Waals surface area contributed by atoms with Crippen LogP contribution in [0.1, 0.15) is 23.2 Å².